The van der Waals surface area contributed by atoms with Crippen molar-refractivity contribution in [3.05, 3.63) is 233 Å². The molecule has 1 atom stereocenters. The van der Waals surface area contributed by atoms with Gasteiger partial charge in [0.1, 0.15) is 0 Å². The summed E-state index contributed by atoms with van der Waals surface area (Å²) in [5.41, 5.74) is 14.9. The van der Waals surface area contributed by atoms with Crippen molar-refractivity contribution in [2.45, 2.75) is 31.9 Å². The summed E-state index contributed by atoms with van der Waals surface area (Å²) in [6.07, 6.45) is 9.87. The highest BCUT2D eigenvalue weighted by Gasteiger charge is 2.25. The molecule has 3 heteroatoms. The molecule has 57 heavy (non-hydrogen) atoms. The molecule has 0 aliphatic carbocycles. The van der Waals surface area contributed by atoms with Gasteiger partial charge in [0.25, 0.3) is 0 Å². The third-order valence-electron chi connectivity index (χ3n) is 10.9. The van der Waals surface area contributed by atoms with Crippen LogP contribution in [0.15, 0.2) is 214 Å². The maximum atomic E-state index is 2.38. The molecule has 0 saturated carbocycles. The Balaban J connectivity index is 0.824. The fourth-order valence-electron chi connectivity index (χ4n) is 7.97. The minimum Gasteiger partial charge on any atom is -0.308 e. The molecule has 2 heterocycles. The lowest BCUT2D eigenvalue weighted by atomic mass is 9.85. The Kier molecular flexibility index (Phi) is 9.69. The minimum atomic E-state index is 0.319. The maximum Gasteiger partial charge on any atom is 0.0601 e. The van der Waals surface area contributed by atoms with Gasteiger partial charge in [-0.1, -0.05) is 193 Å². The third kappa shape index (κ3) is 7.40. The highest BCUT2D eigenvalue weighted by molar-refractivity contribution is 8.00. The number of anilines is 3. The van der Waals surface area contributed by atoms with Crippen LogP contribution >= 0.6 is 23.5 Å². The monoisotopic (exact) mass is 765 g/mol. The Morgan fingerprint density at radius 1 is 0.404 bits per heavy atom. The predicted octanol–water partition coefficient (Wildman–Crippen LogP) is 15.5. The summed E-state index contributed by atoms with van der Waals surface area (Å²) in [5.74, 6) is 0.319. The van der Waals surface area contributed by atoms with Crippen LogP contribution in [0.1, 0.15) is 44.9 Å². The molecule has 0 N–H and O–H groups in total. The molecule has 0 saturated heterocycles. The second-order valence-electron chi connectivity index (χ2n) is 14.6. The van der Waals surface area contributed by atoms with E-state index >= 15 is 0 Å². The van der Waals surface area contributed by atoms with Crippen LogP contribution in [0.3, 0.4) is 0 Å². The Morgan fingerprint density at radius 3 is 1.58 bits per heavy atom. The highest BCUT2D eigenvalue weighted by atomic mass is 32.2. The number of benzene rings is 8. The fourth-order valence-corrected chi connectivity index (χ4v) is 10.2. The third-order valence-corrected chi connectivity index (χ3v) is 13.2. The molecular formula is C54H39NS2. The van der Waals surface area contributed by atoms with Crippen LogP contribution in [0.25, 0.3) is 35.4 Å². The van der Waals surface area contributed by atoms with Crippen LogP contribution in [0.4, 0.5) is 17.1 Å². The lowest BCUT2D eigenvalue weighted by Gasteiger charge is -2.32. The van der Waals surface area contributed by atoms with Crippen molar-refractivity contribution in [1.29, 1.82) is 0 Å². The van der Waals surface area contributed by atoms with Crippen molar-refractivity contribution in [3.8, 4) is 11.1 Å². The number of para-hydroxylation sites is 2. The average molecular weight is 766 g/mol. The Labute approximate surface area is 344 Å². The molecule has 2 aliphatic heterocycles. The van der Waals surface area contributed by atoms with Gasteiger partial charge in [0.15, 0.2) is 0 Å². The molecule has 0 bridgehead atoms. The van der Waals surface area contributed by atoms with Gasteiger partial charge >= 0.3 is 0 Å². The molecule has 0 amide bonds. The normalized spacial score (nSPS) is 14.5. The lowest BCUT2D eigenvalue weighted by molar-refractivity contribution is 0.784. The summed E-state index contributed by atoms with van der Waals surface area (Å²) in [7, 11) is 0. The predicted molar refractivity (Wildman–Crippen MR) is 244 cm³/mol. The number of nitrogens with zero attached hydrogens (tertiary/aromatic N) is 1. The summed E-state index contributed by atoms with van der Waals surface area (Å²) in [6.45, 7) is 0. The van der Waals surface area contributed by atoms with Crippen LogP contribution in [0.5, 0.6) is 0 Å². The molecule has 10 rings (SSSR count). The fraction of sp³-hybridized carbons (Fsp3) is 0.0370. The van der Waals surface area contributed by atoms with E-state index in [0.717, 1.165) is 12.1 Å². The SMILES string of the molecule is C(=Cc1cccc(C2Cc3ccccc3Sc3ccccc32)c1)c1ccc(-c2ccc(C=Cc3cccc(N4c5ccccc5Sc5ccccc54)c3)cc2)cc1. The molecule has 2 aliphatic rings. The van der Waals surface area contributed by atoms with Gasteiger partial charge in [-0.3, -0.25) is 0 Å². The van der Waals surface area contributed by atoms with Crippen LogP contribution < -0.4 is 4.90 Å². The molecule has 272 valence electrons. The van der Waals surface area contributed by atoms with Gasteiger partial charge in [0.2, 0.25) is 0 Å². The first kappa shape index (κ1) is 35.2. The Morgan fingerprint density at radius 2 is 0.912 bits per heavy atom. The van der Waals surface area contributed by atoms with Crippen molar-refractivity contribution in [3.63, 3.8) is 0 Å². The van der Waals surface area contributed by atoms with E-state index in [1.165, 1.54) is 81.0 Å². The molecule has 0 radical (unpaired) electrons. The molecule has 1 nitrogen and oxygen atoms in total. The van der Waals surface area contributed by atoms with Gasteiger partial charge in [-0.05, 0) is 105 Å². The van der Waals surface area contributed by atoms with Crippen molar-refractivity contribution in [2.75, 3.05) is 4.90 Å². The van der Waals surface area contributed by atoms with E-state index in [4.69, 9.17) is 0 Å². The van der Waals surface area contributed by atoms with E-state index in [-0.39, 0.29) is 0 Å². The standard InChI is InChI=1S/C54H39NS2/c1-5-19-51-45(13-1)37-48(47-16-2-6-20-52(47)56-51)44-14-9-11-40(35-44)25-23-38-27-31-42(32-28-38)43-33-29-39(30-34-43)24-26-41-12-10-15-46(36-41)55-49-17-3-7-21-53(49)57-54-22-8-4-18-50(54)55/h1-36,48H,37H2. The zero-order valence-electron chi connectivity index (χ0n) is 31.3. The summed E-state index contributed by atoms with van der Waals surface area (Å²) < 4.78 is 0. The summed E-state index contributed by atoms with van der Waals surface area (Å²) in [6, 6.07) is 70.7. The molecule has 8 aromatic carbocycles. The van der Waals surface area contributed by atoms with Gasteiger partial charge in [0.05, 0.1) is 11.4 Å². The molecular weight excluding hydrogens is 727 g/mol. The van der Waals surface area contributed by atoms with Crippen LogP contribution in [0, 0.1) is 0 Å². The summed E-state index contributed by atoms with van der Waals surface area (Å²) in [5, 5.41) is 0. The van der Waals surface area contributed by atoms with Crippen molar-refractivity contribution in [1.82, 2.24) is 0 Å². The number of rotatable bonds is 7. The van der Waals surface area contributed by atoms with E-state index in [2.05, 4.69) is 223 Å². The average Bonchev–Trinajstić information content (AvgIpc) is 3.44. The van der Waals surface area contributed by atoms with E-state index in [1.54, 1.807) is 0 Å². The number of hydrogen-bond acceptors (Lipinski definition) is 3. The van der Waals surface area contributed by atoms with Crippen molar-refractivity contribution >= 4 is 64.9 Å². The van der Waals surface area contributed by atoms with Crippen LogP contribution in [-0.4, -0.2) is 0 Å². The van der Waals surface area contributed by atoms with Crippen molar-refractivity contribution < 1.29 is 0 Å². The first-order chi connectivity index (χ1) is 28.2. The summed E-state index contributed by atoms with van der Waals surface area (Å²) >= 11 is 3.73. The minimum absolute atomic E-state index is 0.319. The molecule has 0 spiro atoms. The van der Waals surface area contributed by atoms with E-state index in [0.29, 0.717) is 5.92 Å². The summed E-state index contributed by atoms with van der Waals surface area (Å²) in [4.78, 5) is 7.64. The van der Waals surface area contributed by atoms with Crippen LogP contribution in [0.2, 0.25) is 0 Å². The van der Waals surface area contributed by atoms with Gasteiger partial charge in [-0.2, -0.15) is 0 Å². The number of hydrogen-bond donors (Lipinski definition) is 0. The zero-order valence-corrected chi connectivity index (χ0v) is 33.0. The largest absolute Gasteiger partial charge is 0.308 e. The lowest BCUT2D eigenvalue weighted by Crippen LogP contribution is -2.14. The Hall–Kier alpha value is -6.26. The zero-order chi connectivity index (χ0) is 38.0. The first-order valence-corrected chi connectivity index (χ1v) is 21.1. The second kappa shape index (κ2) is 15.7. The molecule has 8 aromatic rings. The second-order valence-corrected chi connectivity index (χ2v) is 16.7. The number of fused-ring (bicyclic) bond motifs is 4. The van der Waals surface area contributed by atoms with Gasteiger partial charge in [0, 0.05) is 31.2 Å². The Bertz CT molecular complexity index is 2730. The quantitative estimate of drug-likeness (QED) is 0.149. The first-order valence-electron chi connectivity index (χ1n) is 19.5. The van der Waals surface area contributed by atoms with E-state index in [9.17, 15) is 0 Å². The van der Waals surface area contributed by atoms with Crippen LogP contribution in [-0.2, 0) is 6.42 Å². The molecule has 0 aromatic heterocycles. The van der Waals surface area contributed by atoms with Gasteiger partial charge in [-0.15, -0.1) is 0 Å². The van der Waals surface area contributed by atoms with E-state index in [1.807, 2.05) is 23.5 Å². The highest BCUT2D eigenvalue weighted by Crippen LogP contribution is 2.51. The maximum absolute atomic E-state index is 2.38. The van der Waals surface area contributed by atoms with Crippen molar-refractivity contribution in [2.24, 2.45) is 0 Å². The van der Waals surface area contributed by atoms with Gasteiger partial charge in [-0.25, -0.2) is 0 Å². The smallest absolute Gasteiger partial charge is 0.0601 e. The molecule has 0 fully saturated rings. The van der Waals surface area contributed by atoms with E-state index < -0.39 is 0 Å². The molecule has 1 unspecified atom stereocenters. The van der Waals surface area contributed by atoms with Gasteiger partial charge < -0.3 is 4.90 Å². The topological polar surface area (TPSA) is 3.24 Å².